The summed E-state index contributed by atoms with van der Waals surface area (Å²) in [5, 5.41) is 0. The van der Waals surface area contributed by atoms with E-state index in [4.69, 9.17) is 9.47 Å². The van der Waals surface area contributed by atoms with Crippen LogP contribution in [0.5, 0.6) is 0 Å². The van der Waals surface area contributed by atoms with Gasteiger partial charge in [0.1, 0.15) is 17.2 Å². The molecule has 1 heterocycles. The Bertz CT molecular complexity index is 534. The van der Waals surface area contributed by atoms with Crippen molar-refractivity contribution in [2.75, 3.05) is 13.2 Å². The monoisotopic (exact) mass is 382 g/mol. The lowest BCUT2D eigenvalue weighted by Gasteiger charge is -2.35. The minimum absolute atomic E-state index is 0.0829. The third kappa shape index (κ3) is 3.03. The van der Waals surface area contributed by atoms with Crippen LogP contribution >= 0.6 is 15.9 Å². The van der Waals surface area contributed by atoms with E-state index in [1.807, 2.05) is 15.9 Å². The first-order valence-corrected chi connectivity index (χ1v) is 7.94. The highest BCUT2D eigenvalue weighted by molar-refractivity contribution is 9.09. The molecule has 1 saturated carbocycles. The molecule has 0 unspecified atom stereocenters. The van der Waals surface area contributed by atoms with Crippen LogP contribution in [0.2, 0.25) is 0 Å². The average Bonchev–Trinajstić information content (AvgIpc) is 2.85. The predicted molar refractivity (Wildman–Crippen MR) is 75.0 cm³/mol. The van der Waals surface area contributed by atoms with Gasteiger partial charge in [0.15, 0.2) is 5.79 Å². The molecule has 122 valence electrons. The summed E-state index contributed by atoms with van der Waals surface area (Å²) in [6, 6.07) is 2.01. The van der Waals surface area contributed by atoms with Crippen LogP contribution in [0.1, 0.15) is 42.7 Å². The van der Waals surface area contributed by atoms with Gasteiger partial charge in [-0.1, -0.05) is 0 Å². The normalized spacial score (nSPS) is 22.4. The van der Waals surface area contributed by atoms with Gasteiger partial charge >= 0.3 is 4.83 Å². The maximum Gasteiger partial charge on any atom is 0.332 e. The Morgan fingerprint density at radius 2 is 1.55 bits per heavy atom. The largest absolute Gasteiger partial charge is 0.348 e. The summed E-state index contributed by atoms with van der Waals surface area (Å²) in [5.74, 6) is -3.10. The van der Waals surface area contributed by atoms with Crippen LogP contribution in [-0.2, 0) is 14.3 Å². The van der Waals surface area contributed by atoms with Gasteiger partial charge in [-0.05, 0) is 52.4 Å². The number of hydrogen-bond acceptors (Lipinski definition) is 2. The Hall–Kier alpha value is -0.660. The van der Waals surface area contributed by atoms with E-state index in [9.17, 15) is 17.6 Å². The minimum atomic E-state index is -3.72. The van der Waals surface area contributed by atoms with Gasteiger partial charge in [0.2, 0.25) is 0 Å². The highest BCUT2D eigenvalue weighted by atomic mass is 79.9. The van der Waals surface area contributed by atoms with Crippen molar-refractivity contribution in [3.8, 4) is 0 Å². The summed E-state index contributed by atoms with van der Waals surface area (Å²) in [6.45, 7) is 1.12. The van der Waals surface area contributed by atoms with Gasteiger partial charge in [-0.15, -0.1) is 0 Å². The fourth-order valence-corrected chi connectivity index (χ4v) is 3.65. The summed E-state index contributed by atoms with van der Waals surface area (Å²) in [7, 11) is 0. The SMILES string of the molecule is Fc1cc(C2CCC3(CC2)OCCO3)cc(F)c1C(F)(F)Br. The van der Waals surface area contributed by atoms with Crippen molar-refractivity contribution in [1.29, 1.82) is 0 Å². The van der Waals surface area contributed by atoms with Crippen LogP contribution in [0.15, 0.2) is 12.1 Å². The first kappa shape index (κ1) is 16.2. The Labute approximate surface area is 133 Å². The van der Waals surface area contributed by atoms with Crippen LogP contribution in [-0.4, -0.2) is 19.0 Å². The third-order valence-corrected chi connectivity index (χ3v) is 4.78. The van der Waals surface area contributed by atoms with Gasteiger partial charge < -0.3 is 9.47 Å². The van der Waals surface area contributed by atoms with E-state index < -0.39 is 27.8 Å². The molecule has 0 atom stereocenters. The Balaban J connectivity index is 1.79. The van der Waals surface area contributed by atoms with Crippen molar-refractivity contribution in [2.45, 2.75) is 42.2 Å². The van der Waals surface area contributed by atoms with Crippen molar-refractivity contribution < 1.29 is 27.0 Å². The van der Waals surface area contributed by atoms with Crippen molar-refractivity contribution >= 4 is 15.9 Å². The second-order valence-corrected chi connectivity index (χ2v) is 6.74. The second kappa shape index (κ2) is 5.76. The Morgan fingerprint density at radius 3 is 2.00 bits per heavy atom. The number of halogens is 5. The summed E-state index contributed by atoms with van der Waals surface area (Å²) in [5.41, 5.74) is -0.839. The third-order valence-electron chi connectivity index (χ3n) is 4.38. The fourth-order valence-electron chi connectivity index (χ4n) is 3.28. The summed E-state index contributed by atoms with van der Waals surface area (Å²) in [6.07, 6.45) is 2.56. The highest BCUT2D eigenvalue weighted by Gasteiger charge is 2.41. The van der Waals surface area contributed by atoms with Gasteiger partial charge in [0, 0.05) is 12.8 Å². The van der Waals surface area contributed by atoms with Crippen LogP contribution in [0, 0.1) is 11.6 Å². The molecular weight excluding hydrogens is 368 g/mol. The van der Waals surface area contributed by atoms with E-state index in [-0.39, 0.29) is 5.92 Å². The number of hydrogen-bond donors (Lipinski definition) is 0. The van der Waals surface area contributed by atoms with Crippen molar-refractivity contribution in [2.24, 2.45) is 0 Å². The van der Waals surface area contributed by atoms with Gasteiger partial charge in [-0.25, -0.2) is 8.78 Å². The van der Waals surface area contributed by atoms with Gasteiger partial charge in [0.25, 0.3) is 0 Å². The van der Waals surface area contributed by atoms with E-state index in [1.54, 1.807) is 0 Å². The van der Waals surface area contributed by atoms with Crippen molar-refractivity contribution in [3.63, 3.8) is 0 Å². The summed E-state index contributed by atoms with van der Waals surface area (Å²) < 4.78 is 65.2. The molecule has 0 amide bonds. The zero-order valence-corrected chi connectivity index (χ0v) is 13.3. The molecule has 1 aliphatic carbocycles. The quantitative estimate of drug-likeness (QED) is 0.539. The number of ether oxygens (including phenoxy) is 2. The fraction of sp³-hybridized carbons (Fsp3) is 0.600. The number of alkyl halides is 3. The summed E-state index contributed by atoms with van der Waals surface area (Å²) in [4.78, 5) is -3.72. The molecule has 7 heteroatoms. The van der Waals surface area contributed by atoms with E-state index in [1.165, 1.54) is 0 Å². The molecule has 1 saturated heterocycles. The molecule has 0 aromatic heterocycles. The molecule has 2 nitrogen and oxygen atoms in total. The predicted octanol–water partition coefficient (Wildman–Crippen LogP) is 4.81. The Kier molecular flexibility index (Phi) is 4.24. The van der Waals surface area contributed by atoms with Crippen LogP contribution in [0.4, 0.5) is 17.6 Å². The van der Waals surface area contributed by atoms with Crippen LogP contribution < -0.4 is 0 Å². The van der Waals surface area contributed by atoms with E-state index in [0.717, 1.165) is 12.1 Å². The van der Waals surface area contributed by atoms with Crippen LogP contribution in [0.3, 0.4) is 0 Å². The topological polar surface area (TPSA) is 18.5 Å². The Morgan fingerprint density at radius 1 is 1.05 bits per heavy atom. The minimum Gasteiger partial charge on any atom is -0.348 e. The number of benzene rings is 1. The first-order valence-electron chi connectivity index (χ1n) is 7.15. The molecule has 0 bridgehead atoms. The molecule has 0 N–H and O–H groups in total. The van der Waals surface area contributed by atoms with Gasteiger partial charge in [0.05, 0.1) is 13.2 Å². The second-order valence-electron chi connectivity index (χ2n) is 5.74. The maximum atomic E-state index is 13.9. The summed E-state index contributed by atoms with van der Waals surface area (Å²) >= 11 is 2.00. The molecule has 1 aliphatic heterocycles. The lowest BCUT2D eigenvalue weighted by atomic mass is 9.80. The molecule has 1 spiro atoms. The zero-order valence-electron chi connectivity index (χ0n) is 11.7. The number of rotatable bonds is 2. The average molecular weight is 383 g/mol. The van der Waals surface area contributed by atoms with Crippen molar-refractivity contribution in [3.05, 3.63) is 34.9 Å². The molecule has 3 rings (SSSR count). The molecule has 2 fully saturated rings. The lowest BCUT2D eigenvalue weighted by Crippen LogP contribution is -2.34. The van der Waals surface area contributed by atoms with E-state index >= 15 is 0 Å². The van der Waals surface area contributed by atoms with Crippen molar-refractivity contribution in [1.82, 2.24) is 0 Å². The maximum absolute atomic E-state index is 13.9. The molecule has 1 aromatic carbocycles. The van der Waals surface area contributed by atoms with E-state index in [2.05, 4.69) is 0 Å². The first-order chi connectivity index (χ1) is 10.3. The lowest BCUT2D eigenvalue weighted by molar-refractivity contribution is -0.178. The molecular formula is C15H15BrF4O2. The standard InChI is InChI=1S/C15H15BrF4O2/c16-15(19,20)13-11(17)7-10(8-12(13)18)9-1-3-14(4-2-9)21-5-6-22-14/h7-9H,1-6H2. The molecule has 22 heavy (non-hydrogen) atoms. The molecule has 2 aliphatic rings. The van der Waals surface area contributed by atoms with Gasteiger partial charge in [-0.2, -0.15) is 8.78 Å². The van der Waals surface area contributed by atoms with E-state index in [0.29, 0.717) is 44.5 Å². The highest BCUT2D eigenvalue weighted by Crippen LogP contribution is 2.44. The molecule has 1 aromatic rings. The zero-order chi connectivity index (χ0) is 16.0. The molecule has 0 radical (unpaired) electrons. The van der Waals surface area contributed by atoms with Gasteiger partial charge in [-0.3, -0.25) is 0 Å². The van der Waals surface area contributed by atoms with Crippen LogP contribution in [0.25, 0.3) is 0 Å². The smallest absolute Gasteiger partial charge is 0.332 e.